The molecule has 4 rings (SSSR count). The number of anilines is 1. The van der Waals surface area contributed by atoms with Crippen molar-refractivity contribution in [2.75, 3.05) is 37.6 Å². The normalized spacial score (nSPS) is 21.8. The SMILES string of the molecule is C[C@@H]1CN(c2ncc(C#N)cn2)C[C@H](C)N1C(=O)NCCC1CCN(Cc2ccccn2)CC1. The lowest BCUT2D eigenvalue weighted by Gasteiger charge is -2.44. The predicted octanol–water partition coefficient (Wildman–Crippen LogP) is 2.65. The summed E-state index contributed by atoms with van der Waals surface area (Å²) in [6.45, 7) is 9.25. The zero-order valence-corrected chi connectivity index (χ0v) is 20.1. The molecule has 2 atom stereocenters. The Morgan fingerprint density at radius 1 is 1.12 bits per heavy atom. The quantitative estimate of drug-likeness (QED) is 0.704. The van der Waals surface area contributed by atoms with E-state index in [-0.39, 0.29) is 18.1 Å². The van der Waals surface area contributed by atoms with E-state index in [4.69, 9.17) is 5.26 Å². The molecule has 0 unspecified atom stereocenters. The van der Waals surface area contributed by atoms with E-state index >= 15 is 0 Å². The van der Waals surface area contributed by atoms with Crippen LogP contribution in [0.4, 0.5) is 10.7 Å². The smallest absolute Gasteiger partial charge is 0.318 e. The van der Waals surface area contributed by atoms with E-state index in [2.05, 4.69) is 50.0 Å². The van der Waals surface area contributed by atoms with E-state index in [1.807, 2.05) is 29.3 Å². The van der Waals surface area contributed by atoms with Crippen molar-refractivity contribution in [2.45, 2.75) is 51.7 Å². The van der Waals surface area contributed by atoms with Crippen molar-refractivity contribution in [3.8, 4) is 6.07 Å². The molecule has 34 heavy (non-hydrogen) atoms. The number of carbonyl (C=O) groups excluding carboxylic acids is 1. The van der Waals surface area contributed by atoms with Gasteiger partial charge in [0.25, 0.3) is 0 Å². The summed E-state index contributed by atoms with van der Waals surface area (Å²) in [6, 6.07) is 8.21. The Morgan fingerprint density at radius 2 is 1.82 bits per heavy atom. The van der Waals surface area contributed by atoms with E-state index in [0.717, 1.165) is 31.7 Å². The zero-order valence-electron chi connectivity index (χ0n) is 20.1. The molecule has 2 aromatic heterocycles. The first-order valence-electron chi connectivity index (χ1n) is 12.2. The monoisotopic (exact) mass is 462 g/mol. The van der Waals surface area contributed by atoms with Gasteiger partial charge < -0.3 is 15.1 Å². The van der Waals surface area contributed by atoms with Gasteiger partial charge in [-0.1, -0.05) is 6.07 Å². The molecule has 2 saturated heterocycles. The van der Waals surface area contributed by atoms with E-state index < -0.39 is 0 Å². The second-order valence-electron chi connectivity index (χ2n) is 9.46. The van der Waals surface area contributed by atoms with Gasteiger partial charge >= 0.3 is 6.03 Å². The third-order valence-electron chi connectivity index (χ3n) is 6.85. The van der Waals surface area contributed by atoms with Crippen LogP contribution >= 0.6 is 0 Å². The molecule has 4 heterocycles. The highest BCUT2D eigenvalue weighted by molar-refractivity contribution is 5.75. The van der Waals surface area contributed by atoms with Crippen molar-refractivity contribution < 1.29 is 4.79 Å². The molecule has 1 N–H and O–H groups in total. The van der Waals surface area contributed by atoms with Gasteiger partial charge in [-0.25, -0.2) is 14.8 Å². The molecule has 2 fully saturated rings. The highest BCUT2D eigenvalue weighted by Crippen LogP contribution is 2.22. The fraction of sp³-hybridized carbons (Fsp3) is 0.560. The summed E-state index contributed by atoms with van der Waals surface area (Å²) in [5, 5.41) is 12.1. The van der Waals surface area contributed by atoms with Gasteiger partial charge in [0.15, 0.2) is 0 Å². The predicted molar refractivity (Wildman–Crippen MR) is 130 cm³/mol. The Bertz CT molecular complexity index is 957. The third kappa shape index (κ3) is 6.00. The van der Waals surface area contributed by atoms with Crippen LogP contribution in [0.1, 0.15) is 44.4 Å². The zero-order chi connectivity index (χ0) is 23.9. The summed E-state index contributed by atoms with van der Waals surface area (Å²) < 4.78 is 0. The van der Waals surface area contributed by atoms with Gasteiger partial charge in [0.2, 0.25) is 5.95 Å². The van der Waals surface area contributed by atoms with Crippen LogP contribution in [0.2, 0.25) is 0 Å². The van der Waals surface area contributed by atoms with Crippen LogP contribution in [0, 0.1) is 17.2 Å². The molecule has 0 saturated carbocycles. The fourth-order valence-electron chi connectivity index (χ4n) is 5.06. The van der Waals surface area contributed by atoms with Crippen LogP contribution < -0.4 is 10.2 Å². The van der Waals surface area contributed by atoms with Crippen molar-refractivity contribution >= 4 is 12.0 Å². The van der Waals surface area contributed by atoms with E-state index in [1.165, 1.54) is 12.8 Å². The maximum Gasteiger partial charge on any atom is 0.318 e. The summed E-state index contributed by atoms with van der Waals surface area (Å²) in [6.07, 6.45) is 8.29. The molecule has 0 aliphatic carbocycles. The molecule has 2 aliphatic heterocycles. The second kappa shape index (κ2) is 11.3. The molecule has 9 heteroatoms. The molecular weight excluding hydrogens is 428 g/mol. The van der Waals surface area contributed by atoms with Gasteiger partial charge in [-0.05, 0) is 64.3 Å². The number of nitriles is 1. The lowest BCUT2D eigenvalue weighted by Crippen LogP contribution is -2.61. The number of aromatic nitrogens is 3. The molecule has 180 valence electrons. The van der Waals surface area contributed by atoms with Crippen LogP contribution in [-0.4, -0.2) is 75.6 Å². The lowest BCUT2D eigenvalue weighted by molar-refractivity contribution is 0.139. The number of urea groups is 1. The number of carbonyl (C=O) groups is 1. The summed E-state index contributed by atoms with van der Waals surface area (Å²) >= 11 is 0. The molecule has 0 radical (unpaired) electrons. The first-order valence-corrected chi connectivity index (χ1v) is 12.2. The fourth-order valence-corrected chi connectivity index (χ4v) is 5.06. The molecule has 0 bridgehead atoms. The standard InChI is InChI=1S/C25H34N8O/c1-19-16-32(24-29-14-22(13-26)15-30-24)17-20(2)33(19)25(34)28-10-6-21-7-11-31(12-8-21)18-23-5-3-4-9-27-23/h3-5,9,14-15,19-21H,6-8,10-12,16-18H2,1-2H3,(H,28,34)/t19-,20+. The van der Waals surface area contributed by atoms with Crippen LogP contribution in [0.15, 0.2) is 36.8 Å². The molecule has 2 aromatic rings. The van der Waals surface area contributed by atoms with Gasteiger partial charge in [0, 0.05) is 44.5 Å². The highest BCUT2D eigenvalue weighted by Gasteiger charge is 2.34. The third-order valence-corrected chi connectivity index (χ3v) is 6.85. The van der Waals surface area contributed by atoms with Gasteiger partial charge in [-0.15, -0.1) is 0 Å². The summed E-state index contributed by atoms with van der Waals surface area (Å²) in [5.74, 6) is 1.26. The number of hydrogen-bond acceptors (Lipinski definition) is 7. The van der Waals surface area contributed by atoms with Gasteiger partial charge in [-0.2, -0.15) is 5.26 Å². The number of hydrogen-bond donors (Lipinski definition) is 1. The van der Waals surface area contributed by atoms with Crippen molar-refractivity contribution in [2.24, 2.45) is 5.92 Å². The number of pyridine rings is 1. The Morgan fingerprint density at radius 3 is 2.44 bits per heavy atom. The first kappa shape index (κ1) is 23.9. The summed E-state index contributed by atoms with van der Waals surface area (Å²) in [7, 11) is 0. The van der Waals surface area contributed by atoms with Crippen LogP contribution in [-0.2, 0) is 6.54 Å². The molecule has 2 aliphatic rings. The Labute approximate surface area is 201 Å². The molecular formula is C25H34N8O. The maximum atomic E-state index is 13.0. The summed E-state index contributed by atoms with van der Waals surface area (Å²) in [5.41, 5.74) is 1.57. The first-order chi connectivity index (χ1) is 16.5. The van der Waals surface area contributed by atoms with Crippen LogP contribution in [0.3, 0.4) is 0 Å². The minimum absolute atomic E-state index is 0.00739. The average molecular weight is 463 g/mol. The number of nitrogens with one attached hydrogen (secondary N) is 1. The highest BCUT2D eigenvalue weighted by atomic mass is 16.2. The number of likely N-dealkylation sites (tertiary alicyclic amines) is 1. The molecule has 2 amide bonds. The Hall–Kier alpha value is -3.25. The molecule has 0 aromatic carbocycles. The van der Waals surface area contributed by atoms with E-state index in [0.29, 0.717) is 37.1 Å². The van der Waals surface area contributed by atoms with Crippen molar-refractivity contribution in [3.05, 3.63) is 48.0 Å². The number of rotatable bonds is 6. The Balaban J connectivity index is 1.19. The largest absolute Gasteiger partial charge is 0.338 e. The summed E-state index contributed by atoms with van der Waals surface area (Å²) in [4.78, 5) is 32.5. The second-order valence-corrected chi connectivity index (χ2v) is 9.46. The average Bonchev–Trinajstić information content (AvgIpc) is 2.85. The topological polar surface area (TPSA) is 101 Å². The number of amides is 2. The minimum Gasteiger partial charge on any atom is -0.338 e. The van der Waals surface area contributed by atoms with E-state index in [1.54, 1.807) is 12.4 Å². The maximum absolute atomic E-state index is 13.0. The van der Waals surface area contributed by atoms with Crippen LogP contribution in [0.5, 0.6) is 0 Å². The van der Waals surface area contributed by atoms with Gasteiger partial charge in [0.05, 0.1) is 23.7 Å². The number of piperidine rings is 1. The van der Waals surface area contributed by atoms with Crippen molar-refractivity contribution in [1.82, 2.24) is 30.1 Å². The number of piperazine rings is 1. The van der Waals surface area contributed by atoms with E-state index in [9.17, 15) is 4.79 Å². The van der Waals surface area contributed by atoms with Crippen molar-refractivity contribution in [3.63, 3.8) is 0 Å². The van der Waals surface area contributed by atoms with Crippen LogP contribution in [0.25, 0.3) is 0 Å². The van der Waals surface area contributed by atoms with Crippen molar-refractivity contribution in [1.29, 1.82) is 5.26 Å². The van der Waals surface area contributed by atoms with Gasteiger partial charge in [0.1, 0.15) is 6.07 Å². The number of nitrogens with zero attached hydrogens (tertiary/aromatic N) is 7. The Kier molecular flexibility index (Phi) is 7.91. The molecule has 0 spiro atoms. The lowest BCUT2D eigenvalue weighted by atomic mass is 9.93. The molecule has 9 nitrogen and oxygen atoms in total. The minimum atomic E-state index is 0.00739. The van der Waals surface area contributed by atoms with Gasteiger partial charge in [-0.3, -0.25) is 9.88 Å².